The highest BCUT2D eigenvalue weighted by atomic mass is 16.5. The summed E-state index contributed by atoms with van der Waals surface area (Å²) in [6.45, 7) is 3.49. The number of rotatable bonds is 7. The van der Waals surface area contributed by atoms with E-state index < -0.39 is 46.6 Å². The zero-order valence-corrected chi connectivity index (χ0v) is 27.1. The van der Waals surface area contributed by atoms with Crippen LogP contribution in [0.3, 0.4) is 0 Å². The van der Waals surface area contributed by atoms with E-state index in [1.54, 1.807) is 38.1 Å². The van der Waals surface area contributed by atoms with Crippen molar-refractivity contribution in [2.24, 2.45) is 11.8 Å². The first-order valence-corrected chi connectivity index (χ1v) is 16.5. The van der Waals surface area contributed by atoms with Crippen LogP contribution in [0.15, 0.2) is 146 Å². The third kappa shape index (κ3) is 4.07. The molecule has 6 heteroatoms. The van der Waals surface area contributed by atoms with Gasteiger partial charge in [-0.3, -0.25) is 14.4 Å². The van der Waals surface area contributed by atoms with Crippen molar-refractivity contribution in [3.05, 3.63) is 173 Å². The Morgan fingerprint density at radius 3 is 1.39 bits per heavy atom. The summed E-state index contributed by atoms with van der Waals surface area (Å²) < 4.78 is 5.55. The molecule has 5 aromatic carbocycles. The summed E-state index contributed by atoms with van der Waals surface area (Å²) in [5.74, 6) is -4.05. The largest absolute Gasteiger partial charge is 0.459 e. The minimum absolute atomic E-state index is 0.110. The highest BCUT2D eigenvalue weighted by Crippen LogP contribution is 2.74. The standard InChI is InChI=1S/C43H33NO5/c1-27(2)49-40(47)32-25-15-16-26-33(32)44-38(45)36-37(39(44)46)43(31-23-13-6-14-24-31)35(29-19-9-4-10-20-29)34(28-17-7-3-8-18-28)42(36,41(43)48)30-21-11-5-12-22-30/h3-27,36-37H,1-2H3/t36-,37-,42+,43+/m1/s1. The fourth-order valence-electron chi connectivity index (χ4n) is 8.69. The molecule has 0 radical (unpaired) electrons. The van der Waals surface area contributed by atoms with Crippen LogP contribution in [-0.2, 0) is 30.0 Å². The van der Waals surface area contributed by atoms with E-state index in [9.17, 15) is 4.79 Å². The number of allylic oxidation sites excluding steroid dienone is 2. The molecular formula is C43H33NO5. The average Bonchev–Trinajstić information content (AvgIpc) is 3.65. The monoisotopic (exact) mass is 643 g/mol. The Labute approximate surface area is 284 Å². The number of para-hydroxylation sites is 1. The lowest BCUT2D eigenvalue weighted by atomic mass is 9.59. The third-order valence-corrected chi connectivity index (χ3v) is 10.3. The van der Waals surface area contributed by atoms with Gasteiger partial charge in [-0.2, -0.15) is 0 Å². The number of carbonyl (C=O) groups is 4. The van der Waals surface area contributed by atoms with Gasteiger partial charge in [0, 0.05) is 0 Å². The molecule has 6 nitrogen and oxygen atoms in total. The van der Waals surface area contributed by atoms with Gasteiger partial charge in [0.05, 0.1) is 40.0 Å². The molecule has 5 aromatic rings. The molecule has 8 rings (SSSR count). The van der Waals surface area contributed by atoms with Crippen LogP contribution in [0.4, 0.5) is 5.69 Å². The van der Waals surface area contributed by atoms with Crippen LogP contribution in [0.25, 0.3) is 11.1 Å². The van der Waals surface area contributed by atoms with Crippen LogP contribution in [-0.4, -0.2) is 29.7 Å². The van der Waals surface area contributed by atoms with Crippen LogP contribution in [0, 0.1) is 11.8 Å². The molecule has 2 aliphatic carbocycles. The fraction of sp³-hybridized carbons (Fsp3) is 0.163. The van der Waals surface area contributed by atoms with Crippen LogP contribution < -0.4 is 4.90 Å². The Morgan fingerprint density at radius 2 is 0.959 bits per heavy atom. The maximum Gasteiger partial charge on any atom is 0.340 e. The highest BCUT2D eigenvalue weighted by Gasteiger charge is 2.82. The first-order valence-electron chi connectivity index (χ1n) is 16.5. The van der Waals surface area contributed by atoms with E-state index in [-0.39, 0.29) is 17.0 Å². The first kappa shape index (κ1) is 30.5. The second kappa shape index (κ2) is 11.4. The number of carbonyl (C=O) groups excluding carboxylic acids is 4. The number of hydrogen-bond acceptors (Lipinski definition) is 5. The molecule has 1 saturated carbocycles. The highest BCUT2D eigenvalue weighted by molar-refractivity contribution is 6.39. The predicted molar refractivity (Wildman–Crippen MR) is 187 cm³/mol. The Hall–Kier alpha value is -5.88. The number of esters is 1. The van der Waals surface area contributed by atoms with Gasteiger partial charge >= 0.3 is 5.97 Å². The van der Waals surface area contributed by atoms with Crippen molar-refractivity contribution in [2.75, 3.05) is 4.90 Å². The number of amides is 2. The van der Waals surface area contributed by atoms with Gasteiger partial charge in [0.1, 0.15) is 0 Å². The van der Waals surface area contributed by atoms with Crippen molar-refractivity contribution >= 4 is 40.4 Å². The number of fused-ring (bicyclic) bond motifs is 5. The molecule has 0 spiro atoms. The van der Waals surface area contributed by atoms with Gasteiger partial charge in [-0.25, -0.2) is 9.69 Å². The van der Waals surface area contributed by atoms with Gasteiger partial charge in [-0.15, -0.1) is 0 Å². The van der Waals surface area contributed by atoms with Gasteiger partial charge in [0.15, 0.2) is 5.78 Å². The van der Waals surface area contributed by atoms with E-state index in [4.69, 9.17) is 4.74 Å². The molecule has 0 unspecified atom stereocenters. The number of ether oxygens (including phenoxy) is 1. The number of Topliss-reactive ketones (excluding diaryl/α,β-unsaturated/α-hetero) is 1. The molecule has 240 valence electrons. The fourth-order valence-corrected chi connectivity index (χ4v) is 8.69. The molecule has 1 aliphatic heterocycles. The lowest BCUT2D eigenvalue weighted by Crippen LogP contribution is -2.46. The van der Waals surface area contributed by atoms with Gasteiger partial charge in [-0.05, 0) is 59.4 Å². The van der Waals surface area contributed by atoms with E-state index in [1.807, 2.05) is 121 Å². The molecule has 3 aliphatic rings. The molecule has 4 atom stereocenters. The third-order valence-electron chi connectivity index (χ3n) is 10.3. The summed E-state index contributed by atoms with van der Waals surface area (Å²) >= 11 is 0. The number of ketones is 1. The summed E-state index contributed by atoms with van der Waals surface area (Å²) in [6.07, 6.45) is -0.410. The second-order valence-electron chi connectivity index (χ2n) is 13.1. The summed E-state index contributed by atoms with van der Waals surface area (Å²) in [5.41, 5.74) is 1.54. The van der Waals surface area contributed by atoms with E-state index in [0.717, 1.165) is 27.2 Å². The lowest BCUT2D eigenvalue weighted by Gasteiger charge is -2.39. The number of anilines is 1. The van der Waals surface area contributed by atoms with Gasteiger partial charge in [0.25, 0.3) is 0 Å². The molecular weight excluding hydrogens is 610 g/mol. The van der Waals surface area contributed by atoms with Crippen molar-refractivity contribution in [3.8, 4) is 0 Å². The molecule has 0 N–H and O–H groups in total. The number of nitrogens with zero attached hydrogens (tertiary/aromatic N) is 1. The minimum Gasteiger partial charge on any atom is -0.459 e. The van der Waals surface area contributed by atoms with Crippen molar-refractivity contribution in [3.63, 3.8) is 0 Å². The summed E-state index contributed by atoms with van der Waals surface area (Å²) in [5, 5.41) is 0. The number of benzene rings is 5. The van der Waals surface area contributed by atoms with Crippen molar-refractivity contribution < 1.29 is 23.9 Å². The Balaban J connectivity index is 1.50. The zero-order valence-electron chi connectivity index (χ0n) is 27.1. The quantitative estimate of drug-likeness (QED) is 0.136. The SMILES string of the molecule is CC(C)OC(=O)c1ccccc1N1C(=O)[C@H]2[C@H](C1=O)[C@@]1(c3ccccc3)C(=O)[C@@]2(c2ccccc2)C(c2ccccc2)=C1c1ccccc1. The summed E-state index contributed by atoms with van der Waals surface area (Å²) in [4.78, 5) is 61.1. The van der Waals surface area contributed by atoms with Gasteiger partial charge in [0.2, 0.25) is 11.8 Å². The predicted octanol–water partition coefficient (Wildman–Crippen LogP) is 7.44. The van der Waals surface area contributed by atoms with Crippen LogP contribution in [0.1, 0.15) is 46.5 Å². The normalized spacial score (nSPS) is 24.1. The molecule has 2 fully saturated rings. The lowest BCUT2D eigenvalue weighted by molar-refractivity contribution is -0.130. The Bertz CT molecular complexity index is 2040. The van der Waals surface area contributed by atoms with E-state index in [2.05, 4.69) is 0 Å². The summed E-state index contributed by atoms with van der Waals surface area (Å²) in [6, 6.07) is 44.8. The van der Waals surface area contributed by atoms with Gasteiger partial charge < -0.3 is 4.74 Å². The van der Waals surface area contributed by atoms with Crippen molar-refractivity contribution in [2.45, 2.75) is 30.8 Å². The number of imide groups is 1. The first-order chi connectivity index (χ1) is 23.8. The van der Waals surface area contributed by atoms with E-state index in [1.165, 1.54) is 0 Å². The molecule has 0 aromatic heterocycles. The number of hydrogen-bond donors (Lipinski definition) is 0. The van der Waals surface area contributed by atoms with Crippen LogP contribution >= 0.6 is 0 Å². The van der Waals surface area contributed by atoms with E-state index >= 15 is 14.4 Å². The minimum atomic E-state index is -1.52. The van der Waals surface area contributed by atoms with Gasteiger partial charge in [-0.1, -0.05) is 133 Å². The molecule has 2 amide bonds. The molecule has 2 bridgehead atoms. The maximum atomic E-state index is 16.0. The Morgan fingerprint density at radius 1 is 0.571 bits per heavy atom. The maximum absolute atomic E-state index is 16.0. The van der Waals surface area contributed by atoms with Crippen LogP contribution in [0.2, 0.25) is 0 Å². The zero-order chi connectivity index (χ0) is 33.9. The second-order valence-corrected chi connectivity index (χ2v) is 13.1. The molecule has 1 heterocycles. The summed E-state index contributed by atoms with van der Waals surface area (Å²) in [7, 11) is 0. The smallest absolute Gasteiger partial charge is 0.340 e. The van der Waals surface area contributed by atoms with Crippen molar-refractivity contribution in [1.82, 2.24) is 0 Å². The van der Waals surface area contributed by atoms with Crippen LogP contribution in [0.5, 0.6) is 0 Å². The molecule has 49 heavy (non-hydrogen) atoms. The Kier molecular flexibility index (Phi) is 7.07. The van der Waals surface area contributed by atoms with E-state index in [0.29, 0.717) is 11.1 Å². The average molecular weight is 644 g/mol. The van der Waals surface area contributed by atoms with Crippen molar-refractivity contribution in [1.29, 1.82) is 0 Å². The molecule has 1 saturated heterocycles. The topological polar surface area (TPSA) is 80.8 Å².